The summed E-state index contributed by atoms with van der Waals surface area (Å²) >= 11 is 0. The summed E-state index contributed by atoms with van der Waals surface area (Å²) in [4.78, 5) is 23.5. The van der Waals surface area contributed by atoms with Gasteiger partial charge >= 0.3 is 5.97 Å². The molecule has 1 amide bonds. The Labute approximate surface area is 139 Å². The van der Waals surface area contributed by atoms with Gasteiger partial charge < -0.3 is 20.2 Å². The van der Waals surface area contributed by atoms with Crippen LogP contribution in [0, 0.1) is 0 Å². The number of rotatable bonds is 6. The van der Waals surface area contributed by atoms with Crippen LogP contribution in [0.1, 0.15) is 17.3 Å². The fourth-order valence-electron chi connectivity index (χ4n) is 1.99. The maximum atomic E-state index is 12.2. The normalized spacial score (nSPS) is 11.3. The molecule has 0 saturated heterocycles. The van der Waals surface area contributed by atoms with Crippen molar-refractivity contribution in [3.05, 3.63) is 54.1 Å². The van der Waals surface area contributed by atoms with Crippen LogP contribution in [-0.4, -0.2) is 25.1 Å². The number of nitrogens with one attached hydrogen (secondary N) is 2. The molecule has 2 aromatic carbocycles. The average Bonchev–Trinajstić information content (AvgIpc) is 2.62. The molecule has 7 heteroatoms. The average molecular weight is 329 g/mol. The summed E-state index contributed by atoms with van der Waals surface area (Å²) in [5.41, 5.74) is 4.21. The van der Waals surface area contributed by atoms with Crippen LogP contribution < -0.4 is 21.3 Å². The fraction of sp³-hybridized carbons (Fsp3) is 0.176. The molecule has 0 radical (unpaired) electrons. The van der Waals surface area contributed by atoms with E-state index >= 15 is 0 Å². The van der Waals surface area contributed by atoms with Gasteiger partial charge in [-0.05, 0) is 49.4 Å². The number of amides is 1. The Morgan fingerprint density at radius 3 is 2.42 bits per heavy atom. The van der Waals surface area contributed by atoms with E-state index in [1.807, 2.05) is 0 Å². The number of carbonyl (C=O) groups excluding carboxylic acids is 2. The van der Waals surface area contributed by atoms with E-state index in [2.05, 4.69) is 15.5 Å². The first-order chi connectivity index (χ1) is 11.5. The monoisotopic (exact) mass is 329 g/mol. The number of esters is 1. The lowest BCUT2D eigenvalue weighted by molar-refractivity contribution is -0.147. The van der Waals surface area contributed by atoms with Gasteiger partial charge in [0.2, 0.25) is 0 Å². The lowest BCUT2D eigenvalue weighted by atomic mass is 10.2. The summed E-state index contributed by atoms with van der Waals surface area (Å²) in [6.45, 7) is 1.60. The van der Waals surface area contributed by atoms with E-state index in [4.69, 9.17) is 10.6 Å². The van der Waals surface area contributed by atoms with E-state index in [0.717, 1.165) is 0 Å². The molecule has 1 atom stereocenters. The third-order valence-corrected chi connectivity index (χ3v) is 3.25. The van der Waals surface area contributed by atoms with Crippen molar-refractivity contribution in [1.29, 1.82) is 0 Å². The Balaban J connectivity index is 2.00. The highest BCUT2D eigenvalue weighted by molar-refractivity contribution is 6.04. The van der Waals surface area contributed by atoms with Crippen LogP contribution in [0.25, 0.3) is 0 Å². The second kappa shape index (κ2) is 7.98. The minimum Gasteiger partial charge on any atom is -0.479 e. The van der Waals surface area contributed by atoms with Gasteiger partial charge in [0.25, 0.3) is 5.91 Å². The molecule has 2 aromatic rings. The van der Waals surface area contributed by atoms with Gasteiger partial charge in [0.1, 0.15) is 5.75 Å². The van der Waals surface area contributed by atoms with Gasteiger partial charge in [-0.3, -0.25) is 10.6 Å². The van der Waals surface area contributed by atoms with Gasteiger partial charge in [-0.2, -0.15) is 0 Å². The smallest absolute Gasteiger partial charge is 0.346 e. The lowest BCUT2D eigenvalue weighted by Crippen LogP contribution is -2.24. The van der Waals surface area contributed by atoms with E-state index in [-0.39, 0.29) is 5.91 Å². The largest absolute Gasteiger partial charge is 0.479 e. The predicted octanol–water partition coefficient (Wildman–Crippen LogP) is 2.16. The molecule has 0 aliphatic heterocycles. The number of nitrogens with two attached hydrogens (primary N) is 1. The molecule has 1 unspecified atom stereocenters. The highest BCUT2D eigenvalue weighted by atomic mass is 16.6. The Hall–Kier alpha value is -3.06. The first-order valence-corrected chi connectivity index (χ1v) is 7.26. The van der Waals surface area contributed by atoms with Crippen molar-refractivity contribution in [2.24, 2.45) is 5.84 Å². The summed E-state index contributed by atoms with van der Waals surface area (Å²) in [6, 6.07) is 13.5. The maximum Gasteiger partial charge on any atom is 0.346 e. The van der Waals surface area contributed by atoms with Gasteiger partial charge in [0.15, 0.2) is 6.10 Å². The molecule has 0 aromatic heterocycles. The van der Waals surface area contributed by atoms with Gasteiger partial charge in [0.05, 0.1) is 7.11 Å². The zero-order chi connectivity index (χ0) is 17.5. The number of hydrazine groups is 1. The van der Waals surface area contributed by atoms with Gasteiger partial charge in [-0.1, -0.05) is 6.07 Å². The SMILES string of the molecule is COC(=O)C(C)Oc1ccc(NC(=O)c2cccc(NN)c2)cc1. The topological polar surface area (TPSA) is 103 Å². The van der Waals surface area contributed by atoms with Crippen LogP contribution in [-0.2, 0) is 9.53 Å². The van der Waals surface area contributed by atoms with Gasteiger partial charge in [-0.25, -0.2) is 4.79 Å². The highest BCUT2D eigenvalue weighted by Crippen LogP contribution is 2.18. The van der Waals surface area contributed by atoms with Crippen molar-refractivity contribution < 1.29 is 19.1 Å². The molecule has 24 heavy (non-hydrogen) atoms. The quantitative estimate of drug-likeness (QED) is 0.426. The fourth-order valence-corrected chi connectivity index (χ4v) is 1.99. The second-order valence-electron chi connectivity index (χ2n) is 4.99. The molecule has 0 spiro atoms. The van der Waals surface area contributed by atoms with E-state index in [0.29, 0.717) is 22.7 Å². The van der Waals surface area contributed by atoms with Crippen LogP contribution in [0.15, 0.2) is 48.5 Å². The van der Waals surface area contributed by atoms with E-state index in [9.17, 15) is 9.59 Å². The molecule has 0 saturated carbocycles. The standard InChI is InChI=1S/C17H19N3O4/c1-11(17(22)23-2)24-15-8-6-13(7-9-15)19-16(21)12-4-3-5-14(10-12)20-18/h3-11,20H,18H2,1-2H3,(H,19,21). The van der Waals surface area contributed by atoms with Crippen LogP contribution >= 0.6 is 0 Å². The maximum absolute atomic E-state index is 12.2. The summed E-state index contributed by atoms with van der Waals surface area (Å²) < 4.78 is 10.0. The number of nitrogen functional groups attached to an aromatic ring is 1. The van der Waals surface area contributed by atoms with Crippen molar-refractivity contribution in [2.75, 3.05) is 17.9 Å². The summed E-state index contributed by atoms with van der Waals surface area (Å²) in [6.07, 6.45) is -0.707. The molecule has 126 valence electrons. The third kappa shape index (κ3) is 4.47. The van der Waals surface area contributed by atoms with Crippen molar-refractivity contribution in [1.82, 2.24) is 0 Å². The number of methoxy groups -OCH3 is 1. The van der Waals surface area contributed by atoms with E-state index < -0.39 is 12.1 Å². The Morgan fingerprint density at radius 2 is 1.79 bits per heavy atom. The van der Waals surface area contributed by atoms with Crippen LogP contribution in [0.2, 0.25) is 0 Å². The zero-order valence-corrected chi connectivity index (χ0v) is 13.4. The zero-order valence-electron chi connectivity index (χ0n) is 13.4. The van der Waals surface area contributed by atoms with Crippen LogP contribution in [0.5, 0.6) is 5.75 Å². The molecule has 0 fully saturated rings. The molecule has 0 bridgehead atoms. The first kappa shape index (κ1) is 17.3. The molecule has 7 nitrogen and oxygen atoms in total. The van der Waals surface area contributed by atoms with Crippen molar-refractivity contribution in [3.8, 4) is 5.75 Å². The summed E-state index contributed by atoms with van der Waals surface area (Å²) in [7, 11) is 1.30. The van der Waals surface area contributed by atoms with Gasteiger partial charge in [0, 0.05) is 16.9 Å². The molecular weight excluding hydrogens is 310 g/mol. The Bertz CT molecular complexity index is 716. The van der Waals surface area contributed by atoms with Crippen molar-refractivity contribution in [2.45, 2.75) is 13.0 Å². The molecule has 4 N–H and O–H groups in total. The molecule has 0 aliphatic rings. The number of ether oxygens (including phenoxy) is 2. The second-order valence-corrected chi connectivity index (χ2v) is 4.99. The van der Waals surface area contributed by atoms with E-state index in [1.54, 1.807) is 55.5 Å². The van der Waals surface area contributed by atoms with Crippen molar-refractivity contribution in [3.63, 3.8) is 0 Å². The number of hydrogen-bond acceptors (Lipinski definition) is 6. The molecule has 2 rings (SSSR count). The van der Waals surface area contributed by atoms with Crippen LogP contribution in [0.3, 0.4) is 0 Å². The van der Waals surface area contributed by atoms with Crippen LogP contribution in [0.4, 0.5) is 11.4 Å². The predicted molar refractivity (Wildman–Crippen MR) is 90.8 cm³/mol. The number of carbonyl (C=O) groups is 2. The summed E-state index contributed by atoms with van der Waals surface area (Å²) in [5.74, 6) is 5.11. The Morgan fingerprint density at radius 1 is 1.08 bits per heavy atom. The molecule has 0 aliphatic carbocycles. The molecule has 0 heterocycles. The van der Waals surface area contributed by atoms with Crippen molar-refractivity contribution >= 4 is 23.3 Å². The minimum atomic E-state index is -0.707. The Kier molecular flexibility index (Phi) is 5.75. The first-order valence-electron chi connectivity index (χ1n) is 7.26. The summed E-state index contributed by atoms with van der Waals surface area (Å²) in [5, 5.41) is 2.77. The van der Waals surface area contributed by atoms with E-state index in [1.165, 1.54) is 7.11 Å². The highest BCUT2D eigenvalue weighted by Gasteiger charge is 2.14. The number of hydrogen-bond donors (Lipinski definition) is 3. The molecular formula is C17H19N3O4. The number of benzene rings is 2. The lowest BCUT2D eigenvalue weighted by Gasteiger charge is -2.13. The van der Waals surface area contributed by atoms with Gasteiger partial charge in [-0.15, -0.1) is 0 Å². The number of anilines is 2. The third-order valence-electron chi connectivity index (χ3n) is 3.25. The minimum absolute atomic E-state index is 0.260.